The van der Waals surface area contributed by atoms with E-state index < -0.39 is 0 Å². The van der Waals surface area contributed by atoms with E-state index >= 15 is 0 Å². The smallest absolute Gasteiger partial charge is 0.253 e. The minimum Gasteiger partial charge on any atom is -0.339 e. The SMILES string of the molecule is CN(C)C1CCN(C(=O)C2=CC3=C(c4cn[nH]c4)C=CCCC3=C2)CC1. The summed E-state index contributed by atoms with van der Waals surface area (Å²) in [6.45, 7) is 1.69. The lowest BCUT2D eigenvalue weighted by atomic mass is 9.98. The quantitative estimate of drug-likeness (QED) is 0.912. The molecule has 0 aromatic carbocycles. The molecule has 0 saturated carbocycles. The first-order valence-corrected chi connectivity index (χ1v) is 9.42. The molecule has 136 valence electrons. The van der Waals surface area contributed by atoms with Gasteiger partial charge in [0.05, 0.1) is 6.20 Å². The number of piperidine rings is 1. The number of likely N-dealkylation sites (tertiary alicyclic amines) is 1. The van der Waals surface area contributed by atoms with Crippen LogP contribution in [-0.4, -0.2) is 59.1 Å². The van der Waals surface area contributed by atoms with Gasteiger partial charge in [0.25, 0.3) is 5.91 Å². The van der Waals surface area contributed by atoms with E-state index in [-0.39, 0.29) is 5.91 Å². The van der Waals surface area contributed by atoms with Crippen LogP contribution in [0.3, 0.4) is 0 Å². The molecule has 4 rings (SSSR count). The summed E-state index contributed by atoms with van der Waals surface area (Å²) >= 11 is 0. The van der Waals surface area contributed by atoms with Gasteiger partial charge in [-0.1, -0.05) is 12.2 Å². The molecule has 0 bridgehead atoms. The molecule has 1 N–H and O–H groups in total. The van der Waals surface area contributed by atoms with E-state index in [1.165, 1.54) is 11.1 Å². The van der Waals surface area contributed by atoms with Crippen LogP contribution >= 0.6 is 0 Å². The van der Waals surface area contributed by atoms with Crippen LogP contribution in [0.1, 0.15) is 31.2 Å². The average molecular weight is 350 g/mol. The molecule has 1 aromatic rings. The molecule has 0 spiro atoms. The van der Waals surface area contributed by atoms with Crippen molar-refractivity contribution in [2.45, 2.75) is 31.7 Å². The van der Waals surface area contributed by atoms with Crippen molar-refractivity contribution in [3.05, 3.63) is 59.0 Å². The number of fused-ring (bicyclic) bond motifs is 1. The fourth-order valence-electron chi connectivity index (χ4n) is 4.08. The lowest BCUT2D eigenvalue weighted by Crippen LogP contribution is -2.44. The number of nitrogens with one attached hydrogen (secondary N) is 1. The summed E-state index contributed by atoms with van der Waals surface area (Å²) in [4.78, 5) is 17.3. The molecule has 5 nitrogen and oxygen atoms in total. The van der Waals surface area contributed by atoms with Crippen molar-refractivity contribution in [2.24, 2.45) is 0 Å². The van der Waals surface area contributed by atoms with Crippen LogP contribution in [0.25, 0.3) is 5.57 Å². The summed E-state index contributed by atoms with van der Waals surface area (Å²) < 4.78 is 0. The average Bonchev–Trinajstić information content (AvgIpc) is 3.29. The molecule has 2 aliphatic carbocycles. The largest absolute Gasteiger partial charge is 0.339 e. The van der Waals surface area contributed by atoms with Crippen LogP contribution in [0.15, 0.2) is 53.4 Å². The number of H-pyrrole nitrogens is 1. The van der Waals surface area contributed by atoms with Gasteiger partial charge in [0, 0.05) is 36.5 Å². The Labute approximate surface area is 154 Å². The van der Waals surface area contributed by atoms with Gasteiger partial charge in [0.15, 0.2) is 0 Å². The highest BCUT2D eigenvalue weighted by atomic mass is 16.2. The topological polar surface area (TPSA) is 52.2 Å². The van der Waals surface area contributed by atoms with Crippen molar-refractivity contribution in [3.63, 3.8) is 0 Å². The molecule has 1 fully saturated rings. The number of allylic oxidation sites excluding steroid dienone is 6. The van der Waals surface area contributed by atoms with Crippen LogP contribution in [0.4, 0.5) is 0 Å². The van der Waals surface area contributed by atoms with Crippen LogP contribution in [0.2, 0.25) is 0 Å². The highest BCUT2D eigenvalue weighted by Gasteiger charge is 2.28. The van der Waals surface area contributed by atoms with Gasteiger partial charge >= 0.3 is 0 Å². The summed E-state index contributed by atoms with van der Waals surface area (Å²) in [5.41, 5.74) is 5.48. The lowest BCUT2D eigenvalue weighted by molar-refractivity contribution is -0.128. The third-order valence-electron chi connectivity index (χ3n) is 5.67. The Hall–Kier alpha value is -2.40. The van der Waals surface area contributed by atoms with Gasteiger partial charge in [0.1, 0.15) is 0 Å². The van der Waals surface area contributed by atoms with Crippen molar-refractivity contribution in [2.75, 3.05) is 27.2 Å². The molecule has 1 aromatic heterocycles. The predicted octanol–water partition coefficient (Wildman–Crippen LogP) is 2.93. The van der Waals surface area contributed by atoms with Gasteiger partial charge in [-0.05, 0) is 68.6 Å². The number of aromatic amines is 1. The van der Waals surface area contributed by atoms with Gasteiger partial charge in [-0.2, -0.15) is 5.10 Å². The van der Waals surface area contributed by atoms with Gasteiger partial charge < -0.3 is 9.80 Å². The highest BCUT2D eigenvalue weighted by Crippen LogP contribution is 2.37. The van der Waals surface area contributed by atoms with Gasteiger partial charge in [-0.25, -0.2) is 0 Å². The second kappa shape index (κ2) is 7.08. The zero-order chi connectivity index (χ0) is 18.1. The Morgan fingerprint density at radius 3 is 2.73 bits per heavy atom. The van der Waals surface area contributed by atoms with E-state index in [0.29, 0.717) is 6.04 Å². The Bertz CT molecular complexity index is 803. The van der Waals surface area contributed by atoms with E-state index in [1.54, 1.807) is 0 Å². The molecule has 0 atom stereocenters. The molecule has 2 heterocycles. The molecular formula is C21H26N4O. The van der Waals surface area contributed by atoms with Crippen LogP contribution < -0.4 is 0 Å². The highest BCUT2D eigenvalue weighted by molar-refractivity contribution is 6.00. The number of hydrogen-bond donors (Lipinski definition) is 1. The van der Waals surface area contributed by atoms with Crippen LogP contribution in [0.5, 0.6) is 0 Å². The number of hydrogen-bond acceptors (Lipinski definition) is 3. The lowest BCUT2D eigenvalue weighted by Gasteiger charge is -2.35. The van der Waals surface area contributed by atoms with Crippen molar-refractivity contribution >= 4 is 11.5 Å². The monoisotopic (exact) mass is 350 g/mol. The summed E-state index contributed by atoms with van der Waals surface area (Å²) in [6.07, 6.45) is 16.4. The second-order valence-corrected chi connectivity index (χ2v) is 7.51. The third kappa shape index (κ3) is 3.19. The van der Waals surface area contributed by atoms with Crippen molar-refractivity contribution in [1.82, 2.24) is 20.0 Å². The van der Waals surface area contributed by atoms with Gasteiger partial charge in [-0.3, -0.25) is 9.89 Å². The summed E-state index contributed by atoms with van der Waals surface area (Å²) in [5, 5.41) is 6.97. The van der Waals surface area contributed by atoms with E-state index in [0.717, 1.165) is 55.5 Å². The Morgan fingerprint density at radius 2 is 2.04 bits per heavy atom. The Morgan fingerprint density at radius 1 is 1.23 bits per heavy atom. The zero-order valence-electron chi connectivity index (χ0n) is 15.5. The predicted molar refractivity (Wildman–Crippen MR) is 103 cm³/mol. The molecule has 1 saturated heterocycles. The molecule has 0 radical (unpaired) electrons. The molecule has 1 aliphatic heterocycles. The first-order chi connectivity index (χ1) is 12.6. The third-order valence-corrected chi connectivity index (χ3v) is 5.67. The second-order valence-electron chi connectivity index (χ2n) is 7.51. The minimum absolute atomic E-state index is 0.172. The molecule has 0 unspecified atom stereocenters. The number of amides is 1. The molecule has 1 amide bonds. The maximum absolute atomic E-state index is 13.0. The fraction of sp³-hybridized carbons (Fsp3) is 0.429. The molecule has 5 heteroatoms. The summed E-state index contributed by atoms with van der Waals surface area (Å²) in [6, 6.07) is 0.585. The maximum Gasteiger partial charge on any atom is 0.253 e. The number of carbonyl (C=O) groups excluding carboxylic acids is 1. The van der Waals surface area contributed by atoms with E-state index in [1.807, 2.05) is 17.3 Å². The first-order valence-electron chi connectivity index (χ1n) is 9.42. The van der Waals surface area contributed by atoms with E-state index in [2.05, 4.69) is 53.5 Å². The van der Waals surface area contributed by atoms with Crippen molar-refractivity contribution < 1.29 is 4.79 Å². The van der Waals surface area contributed by atoms with Crippen molar-refractivity contribution in [1.29, 1.82) is 0 Å². The summed E-state index contributed by atoms with van der Waals surface area (Å²) in [5.74, 6) is 0.172. The maximum atomic E-state index is 13.0. The molecule has 3 aliphatic rings. The number of aromatic nitrogens is 2. The molecular weight excluding hydrogens is 324 g/mol. The number of nitrogens with zero attached hydrogens (tertiary/aromatic N) is 3. The van der Waals surface area contributed by atoms with Crippen LogP contribution in [0, 0.1) is 0 Å². The normalized spacial score (nSPS) is 21.0. The van der Waals surface area contributed by atoms with E-state index in [9.17, 15) is 4.79 Å². The van der Waals surface area contributed by atoms with Crippen molar-refractivity contribution in [3.8, 4) is 0 Å². The Balaban J connectivity index is 1.58. The Kier molecular flexibility index (Phi) is 4.64. The van der Waals surface area contributed by atoms with Crippen LogP contribution in [-0.2, 0) is 4.79 Å². The number of rotatable bonds is 3. The molecule has 26 heavy (non-hydrogen) atoms. The first kappa shape index (κ1) is 17.0. The van der Waals surface area contributed by atoms with Gasteiger partial charge in [-0.15, -0.1) is 0 Å². The minimum atomic E-state index is 0.172. The van der Waals surface area contributed by atoms with Gasteiger partial charge in [0.2, 0.25) is 0 Å². The zero-order valence-corrected chi connectivity index (χ0v) is 15.5. The number of carbonyl (C=O) groups is 1. The summed E-state index contributed by atoms with van der Waals surface area (Å²) in [7, 11) is 4.24. The fourth-order valence-corrected chi connectivity index (χ4v) is 4.08. The standard InChI is InChI=1S/C21H26N4O/c1-24(2)18-7-9-25(10-8-18)21(26)16-11-15-5-3-4-6-19(20(15)12-16)17-13-22-23-14-17/h4,6,11-14,18H,3,5,7-10H2,1-2H3,(H,22,23). The van der Waals surface area contributed by atoms with E-state index in [4.69, 9.17) is 0 Å².